The van der Waals surface area contributed by atoms with Gasteiger partial charge in [-0.25, -0.2) is 19.7 Å². The zero-order valence-electron chi connectivity index (χ0n) is 24.6. The number of carbonyl (C=O) groups is 1. The van der Waals surface area contributed by atoms with Crippen LogP contribution >= 0.6 is 0 Å². The molecule has 8 rings (SSSR count). The van der Waals surface area contributed by atoms with Crippen LogP contribution in [0.15, 0.2) is 83.3 Å². The summed E-state index contributed by atoms with van der Waals surface area (Å²) < 4.78 is 20.0. The van der Waals surface area contributed by atoms with E-state index in [1.807, 2.05) is 53.1 Å². The number of furan rings is 1. The fourth-order valence-corrected chi connectivity index (χ4v) is 6.14. The third kappa shape index (κ3) is 5.32. The van der Waals surface area contributed by atoms with E-state index >= 15 is 0 Å². The van der Waals surface area contributed by atoms with Gasteiger partial charge in [-0.3, -0.25) is 4.90 Å². The van der Waals surface area contributed by atoms with Gasteiger partial charge in [0.1, 0.15) is 29.1 Å². The molecule has 1 atom stereocenters. The highest BCUT2D eigenvalue weighted by atomic mass is 16.5. The average Bonchev–Trinajstić information content (AvgIpc) is 3.60. The van der Waals surface area contributed by atoms with Crippen LogP contribution in [0.25, 0.3) is 38.7 Å². The van der Waals surface area contributed by atoms with Crippen molar-refractivity contribution in [2.75, 3.05) is 19.7 Å². The summed E-state index contributed by atoms with van der Waals surface area (Å²) in [6.07, 6.45) is 4.12. The van der Waals surface area contributed by atoms with E-state index in [4.69, 9.17) is 23.9 Å². The van der Waals surface area contributed by atoms with E-state index in [0.717, 1.165) is 71.6 Å². The zero-order valence-corrected chi connectivity index (χ0v) is 24.6. The van der Waals surface area contributed by atoms with Crippen molar-refractivity contribution in [3.63, 3.8) is 0 Å². The molecule has 226 valence electrons. The van der Waals surface area contributed by atoms with Crippen LogP contribution in [-0.2, 0) is 24.4 Å². The van der Waals surface area contributed by atoms with Crippen LogP contribution in [0.4, 0.5) is 0 Å². The lowest BCUT2D eigenvalue weighted by Gasteiger charge is -2.29. The number of pyridine rings is 2. The van der Waals surface area contributed by atoms with Crippen LogP contribution in [0.2, 0.25) is 0 Å². The molecule has 0 radical (unpaired) electrons. The van der Waals surface area contributed by atoms with Crippen LogP contribution in [0.5, 0.6) is 5.88 Å². The Morgan fingerprint density at radius 2 is 1.84 bits per heavy atom. The Bertz CT molecular complexity index is 2090. The predicted molar refractivity (Wildman–Crippen MR) is 169 cm³/mol. The van der Waals surface area contributed by atoms with E-state index < -0.39 is 5.97 Å². The smallest absolute Gasteiger partial charge is 0.354 e. The number of carboxylic acid groups (broad SMARTS) is 1. The van der Waals surface area contributed by atoms with Crippen molar-refractivity contribution < 1.29 is 23.8 Å². The normalized spacial score (nSPS) is 17.1. The summed E-state index contributed by atoms with van der Waals surface area (Å²) in [5.41, 5.74) is 6.08. The largest absolute Gasteiger partial charge is 0.477 e. The Balaban J connectivity index is 0.969. The highest BCUT2D eigenvalue weighted by Gasteiger charge is 2.25. The number of hydrogen-bond acceptors (Lipinski definition) is 8. The fourth-order valence-electron chi connectivity index (χ4n) is 6.14. The number of carboxylic acids is 1. The molecule has 0 aliphatic carbocycles. The minimum absolute atomic E-state index is 0.0144. The Morgan fingerprint density at radius 1 is 0.978 bits per heavy atom. The lowest BCUT2D eigenvalue weighted by atomic mass is 10.0. The minimum atomic E-state index is -1.05. The first-order valence-electron chi connectivity index (χ1n) is 15.2. The quantitative estimate of drug-likeness (QED) is 0.210. The van der Waals surface area contributed by atoms with Crippen molar-refractivity contribution in [1.82, 2.24) is 24.4 Å². The lowest BCUT2D eigenvalue weighted by molar-refractivity contribution is -0.0592. The maximum Gasteiger partial charge on any atom is 0.354 e. The summed E-state index contributed by atoms with van der Waals surface area (Å²) in [5.74, 6) is 0.385. The van der Waals surface area contributed by atoms with Gasteiger partial charge in [-0.2, -0.15) is 0 Å². The summed E-state index contributed by atoms with van der Waals surface area (Å²) >= 11 is 0. The third-order valence-corrected chi connectivity index (χ3v) is 8.64. The molecule has 0 spiro atoms. The van der Waals surface area contributed by atoms with Crippen LogP contribution in [0.1, 0.15) is 40.4 Å². The molecule has 0 amide bonds. The zero-order chi connectivity index (χ0) is 30.3. The Kier molecular flexibility index (Phi) is 7.00. The summed E-state index contributed by atoms with van der Waals surface area (Å²) in [6, 6.07) is 23.3. The van der Waals surface area contributed by atoms with E-state index in [0.29, 0.717) is 36.7 Å². The van der Waals surface area contributed by atoms with Gasteiger partial charge in [0, 0.05) is 42.1 Å². The van der Waals surface area contributed by atoms with Gasteiger partial charge in [-0.05, 0) is 42.7 Å². The average molecular weight is 602 g/mol. The number of aromatic carboxylic acids is 1. The SMILES string of the molecule is O=C(O)c1ccc2nc(CN3CC=C(c4cccc(OCc5cccc6c5oc5ccccc56)n4)CC3)n(C[C@@H]3CCO3)c2n1. The number of nitrogens with zero attached hydrogens (tertiary/aromatic N) is 5. The minimum Gasteiger partial charge on any atom is -0.477 e. The number of rotatable bonds is 9. The second-order valence-electron chi connectivity index (χ2n) is 11.5. The number of hydrogen-bond donors (Lipinski definition) is 1. The van der Waals surface area contributed by atoms with Crippen molar-refractivity contribution in [2.24, 2.45) is 0 Å². The first kappa shape index (κ1) is 27.5. The number of fused-ring (bicyclic) bond motifs is 4. The molecule has 1 N–H and O–H groups in total. The van der Waals surface area contributed by atoms with Crippen LogP contribution in [0, 0.1) is 0 Å². The Morgan fingerprint density at radius 3 is 2.67 bits per heavy atom. The Labute approximate surface area is 258 Å². The van der Waals surface area contributed by atoms with Crippen molar-refractivity contribution in [3.8, 4) is 5.88 Å². The highest BCUT2D eigenvalue weighted by molar-refractivity contribution is 6.05. The lowest BCUT2D eigenvalue weighted by Crippen LogP contribution is -2.34. The third-order valence-electron chi connectivity index (χ3n) is 8.64. The van der Waals surface area contributed by atoms with Gasteiger partial charge >= 0.3 is 5.97 Å². The van der Waals surface area contributed by atoms with Crippen molar-refractivity contribution in [1.29, 1.82) is 0 Å². The van der Waals surface area contributed by atoms with E-state index in [2.05, 4.69) is 28.1 Å². The molecule has 1 saturated heterocycles. The monoisotopic (exact) mass is 601 g/mol. The summed E-state index contributed by atoms with van der Waals surface area (Å²) in [4.78, 5) is 28.0. The second kappa shape index (κ2) is 11.5. The standard InChI is InChI=1S/C35H31N5O5/c41-35(42)29-12-11-28-34(38-29)40(19-24-15-18-43-24)31(36-28)20-39-16-13-22(14-17-39)27-8-4-10-32(37-27)44-21-23-5-3-7-26-25-6-1-2-9-30(25)45-33(23)26/h1-13,24H,14-21H2,(H,41,42)/t24-/m0/s1. The number of para-hydroxylation sites is 2. The fraction of sp³-hybridized carbons (Fsp3) is 0.257. The van der Waals surface area contributed by atoms with E-state index in [1.165, 1.54) is 11.6 Å². The molecule has 0 unspecified atom stereocenters. The first-order chi connectivity index (χ1) is 22.1. The maximum absolute atomic E-state index is 11.6. The first-order valence-corrected chi connectivity index (χ1v) is 15.2. The summed E-state index contributed by atoms with van der Waals surface area (Å²) in [6.45, 7) is 3.92. The maximum atomic E-state index is 11.6. The van der Waals surface area contributed by atoms with Crippen LogP contribution < -0.4 is 4.74 Å². The molecule has 45 heavy (non-hydrogen) atoms. The topological polar surface area (TPSA) is 116 Å². The van der Waals surface area contributed by atoms with Gasteiger partial charge in [0.2, 0.25) is 5.88 Å². The molecular weight excluding hydrogens is 570 g/mol. The van der Waals surface area contributed by atoms with Gasteiger partial charge in [0.25, 0.3) is 0 Å². The number of imidazole rings is 1. The molecule has 6 aromatic rings. The molecule has 10 nitrogen and oxygen atoms in total. The number of benzene rings is 2. The molecule has 2 aliphatic heterocycles. The molecule has 6 heterocycles. The van der Waals surface area contributed by atoms with Crippen molar-refractivity contribution >= 4 is 44.6 Å². The summed E-state index contributed by atoms with van der Waals surface area (Å²) in [5, 5.41) is 11.7. The van der Waals surface area contributed by atoms with E-state index in [-0.39, 0.29) is 11.8 Å². The molecule has 2 aliphatic rings. The van der Waals surface area contributed by atoms with E-state index in [1.54, 1.807) is 6.07 Å². The van der Waals surface area contributed by atoms with Crippen LogP contribution in [0.3, 0.4) is 0 Å². The predicted octanol–water partition coefficient (Wildman–Crippen LogP) is 6.08. The molecule has 4 aromatic heterocycles. The Hall–Kier alpha value is -5.06. The van der Waals surface area contributed by atoms with Crippen LogP contribution in [-0.4, -0.2) is 61.3 Å². The van der Waals surface area contributed by atoms with Gasteiger partial charge in [-0.15, -0.1) is 0 Å². The molecule has 2 aromatic carbocycles. The molecule has 1 fully saturated rings. The summed E-state index contributed by atoms with van der Waals surface area (Å²) in [7, 11) is 0. The van der Waals surface area contributed by atoms with E-state index in [9.17, 15) is 9.90 Å². The molecule has 0 bridgehead atoms. The number of aromatic nitrogens is 4. The van der Waals surface area contributed by atoms with Gasteiger partial charge in [0.05, 0.1) is 24.9 Å². The van der Waals surface area contributed by atoms with Crippen molar-refractivity contribution in [2.45, 2.75) is 38.6 Å². The van der Waals surface area contributed by atoms with Gasteiger partial charge in [0.15, 0.2) is 11.3 Å². The second-order valence-corrected chi connectivity index (χ2v) is 11.5. The van der Waals surface area contributed by atoms with Gasteiger partial charge < -0.3 is 23.6 Å². The molecule has 10 heteroatoms. The molecule has 0 saturated carbocycles. The molecular formula is C35H31N5O5. The highest BCUT2D eigenvalue weighted by Crippen LogP contribution is 2.31. The number of ether oxygens (including phenoxy) is 2. The van der Waals surface area contributed by atoms with Gasteiger partial charge in [-0.1, -0.05) is 48.5 Å². The van der Waals surface area contributed by atoms with Crippen molar-refractivity contribution in [3.05, 3.63) is 102 Å².